The van der Waals surface area contributed by atoms with Crippen LogP contribution < -0.4 is 9.04 Å². The summed E-state index contributed by atoms with van der Waals surface area (Å²) in [5.74, 6) is 0.667. The largest absolute Gasteiger partial charge is 0.494 e. The molecule has 0 radical (unpaired) electrons. The molecule has 2 aromatic carbocycles. The third-order valence-electron chi connectivity index (χ3n) is 4.58. The summed E-state index contributed by atoms with van der Waals surface area (Å²) >= 11 is 0. The number of nitrogens with zero attached hydrogens (tertiary/aromatic N) is 1. The maximum atomic E-state index is 13.5. The molecule has 2 aromatic rings. The van der Waals surface area contributed by atoms with Crippen molar-refractivity contribution in [1.82, 2.24) is 0 Å². The van der Waals surface area contributed by atoms with Crippen LogP contribution in [0.25, 0.3) is 5.57 Å². The van der Waals surface area contributed by atoms with Crippen LogP contribution in [0.5, 0.6) is 5.75 Å². The SMILES string of the molecule is CCOc1ccc2c(c1)N(S(=O)(=O)c1ccc(C)cc1)C(C)(C)C=C2C. The normalized spacial score (nSPS) is 16.0. The number of ether oxygens (including phenoxy) is 1. The summed E-state index contributed by atoms with van der Waals surface area (Å²) in [6, 6.07) is 12.6. The standard InChI is InChI=1S/C21H25NO3S/c1-6-25-17-9-12-19-16(3)14-21(4,5)22(20(19)13-17)26(23,24)18-10-7-15(2)8-11-18/h7-14H,6H2,1-5H3. The third-order valence-corrected chi connectivity index (χ3v) is 6.59. The van der Waals surface area contributed by atoms with Crippen molar-refractivity contribution in [1.29, 1.82) is 0 Å². The van der Waals surface area contributed by atoms with Gasteiger partial charge in [0.05, 0.1) is 22.7 Å². The molecule has 0 fully saturated rings. The van der Waals surface area contributed by atoms with Gasteiger partial charge in [-0.3, -0.25) is 4.31 Å². The molecule has 1 aliphatic heterocycles. The minimum atomic E-state index is -3.72. The van der Waals surface area contributed by atoms with Gasteiger partial charge in [-0.25, -0.2) is 8.42 Å². The number of allylic oxidation sites excluding steroid dienone is 1. The van der Waals surface area contributed by atoms with E-state index in [1.54, 1.807) is 12.1 Å². The molecule has 3 rings (SSSR count). The van der Waals surface area contributed by atoms with Gasteiger partial charge >= 0.3 is 0 Å². The van der Waals surface area contributed by atoms with Gasteiger partial charge < -0.3 is 4.74 Å². The number of rotatable bonds is 4. The quantitative estimate of drug-likeness (QED) is 0.777. The van der Waals surface area contributed by atoms with Crippen molar-refractivity contribution in [3.8, 4) is 5.75 Å². The summed E-state index contributed by atoms with van der Waals surface area (Å²) in [6.45, 7) is 10.2. The van der Waals surface area contributed by atoms with E-state index < -0.39 is 15.6 Å². The van der Waals surface area contributed by atoms with Gasteiger partial charge in [-0.2, -0.15) is 0 Å². The monoisotopic (exact) mass is 371 g/mol. The second-order valence-corrected chi connectivity index (χ2v) is 8.96. The summed E-state index contributed by atoms with van der Waals surface area (Å²) in [6.07, 6.45) is 2.00. The number of hydrogen-bond acceptors (Lipinski definition) is 3. The number of hydrogen-bond donors (Lipinski definition) is 0. The van der Waals surface area contributed by atoms with Crippen LogP contribution >= 0.6 is 0 Å². The Morgan fingerprint density at radius 3 is 2.31 bits per heavy atom. The highest BCUT2D eigenvalue weighted by atomic mass is 32.2. The fraction of sp³-hybridized carbons (Fsp3) is 0.333. The number of fused-ring (bicyclic) bond motifs is 1. The average molecular weight is 372 g/mol. The molecular weight excluding hydrogens is 346 g/mol. The molecule has 0 spiro atoms. The maximum Gasteiger partial charge on any atom is 0.265 e. The topological polar surface area (TPSA) is 46.6 Å². The highest BCUT2D eigenvalue weighted by Crippen LogP contribution is 2.43. The van der Waals surface area contributed by atoms with Gasteiger partial charge in [0.15, 0.2) is 0 Å². The minimum absolute atomic E-state index is 0.289. The van der Waals surface area contributed by atoms with E-state index in [-0.39, 0.29) is 4.90 Å². The first kappa shape index (κ1) is 18.5. The fourth-order valence-corrected chi connectivity index (χ4v) is 5.27. The second kappa shape index (κ2) is 6.47. The zero-order valence-electron chi connectivity index (χ0n) is 15.9. The van der Waals surface area contributed by atoms with Crippen molar-refractivity contribution in [2.24, 2.45) is 0 Å². The minimum Gasteiger partial charge on any atom is -0.494 e. The number of anilines is 1. The Morgan fingerprint density at radius 1 is 1.04 bits per heavy atom. The van der Waals surface area contributed by atoms with E-state index in [4.69, 9.17) is 4.74 Å². The molecule has 4 nitrogen and oxygen atoms in total. The Morgan fingerprint density at radius 2 is 1.69 bits per heavy atom. The fourth-order valence-electron chi connectivity index (χ4n) is 3.50. The first-order valence-corrected chi connectivity index (χ1v) is 10.2. The van der Waals surface area contributed by atoms with Crippen molar-refractivity contribution in [3.05, 3.63) is 59.7 Å². The van der Waals surface area contributed by atoms with E-state index in [1.165, 1.54) is 4.31 Å². The number of aryl methyl sites for hydroxylation is 1. The molecule has 0 bridgehead atoms. The van der Waals surface area contributed by atoms with E-state index in [0.29, 0.717) is 18.0 Å². The first-order chi connectivity index (χ1) is 12.2. The molecule has 0 N–H and O–H groups in total. The predicted octanol–water partition coefficient (Wildman–Crippen LogP) is 4.78. The molecule has 5 heteroatoms. The molecule has 0 unspecified atom stereocenters. The molecule has 138 valence electrons. The molecule has 1 heterocycles. The Bertz CT molecular complexity index is 957. The number of benzene rings is 2. The zero-order valence-corrected chi connectivity index (χ0v) is 16.7. The van der Waals surface area contributed by atoms with Crippen LogP contribution in [0, 0.1) is 6.92 Å². The Labute approximate surface area is 156 Å². The van der Waals surface area contributed by atoms with Crippen LogP contribution in [-0.4, -0.2) is 20.6 Å². The van der Waals surface area contributed by atoms with Gasteiger partial charge in [0, 0.05) is 11.6 Å². The lowest BCUT2D eigenvalue weighted by atomic mass is 9.91. The lowest BCUT2D eigenvalue weighted by Gasteiger charge is -2.42. The van der Waals surface area contributed by atoms with Crippen LogP contribution in [0.15, 0.2) is 53.4 Å². The summed E-state index contributed by atoms with van der Waals surface area (Å²) in [4.78, 5) is 0.289. The van der Waals surface area contributed by atoms with Crippen molar-refractivity contribution in [3.63, 3.8) is 0 Å². The van der Waals surface area contributed by atoms with Crippen LogP contribution in [-0.2, 0) is 10.0 Å². The summed E-state index contributed by atoms with van der Waals surface area (Å²) in [5.41, 5.74) is 2.95. The molecule has 1 aliphatic rings. The van der Waals surface area contributed by atoms with Crippen molar-refractivity contribution in [2.75, 3.05) is 10.9 Å². The lowest BCUT2D eigenvalue weighted by Crippen LogP contribution is -2.48. The van der Waals surface area contributed by atoms with E-state index in [2.05, 4.69) is 0 Å². The predicted molar refractivity (Wildman–Crippen MR) is 106 cm³/mol. The van der Waals surface area contributed by atoms with Crippen LogP contribution in [0.1, 0.15) is 38.8 Å². The highest BCUT2D eigenvalue weighted by Gasteiger charge is 2.40. The molecule has 0 aliphatic carbocycles. The molecule has 0 saturated carbocycles. The van der Waals surface area contributed by atoms with E-state index in [1.807, 2.05) is 71.0 Å². The van der Waals surface area contributed by atoms with Crippen LogP contribution in [0.2, 0.25) is 0 Å². The summed E-state index contributed by atoms with van der Waals surface area (Å²) in [7, 11) is -3.72. The maximum absolute atomic E-state index is 13.5. The van der Waals surface area contributed by atoms with Gasteiger partial charge in [0.25, 0.3) is 10.0 Å². The van der Waals surface area contributed by atoms with Crippen molar-refractivity contribution < 1.29 is 13.2 Å². The summed E-state index contributed by atoms with van der Waals surface area (Å²) < 4.78 is 34.1. The summed E-state index contributed by atoms with van der Waals surface area (Å²) in [5, 5.41) is 0. The Hall–Kier alpha value is -2.27. The number of sulfonamides is 1. The van der Waals surface area contributed by atoms with E-state index in [0.717, 1.165) is 16.7 Å². The van der Waals surface area contributed by atoms with Gasteiger partial charge in [0.2, 0.25) is 0 Å². The molecule has 26 heavy (non-hydrogen) atoms. The first-order valence-electron chi connectivity index (χ1n) is 8.75. The van der Waals surface area contributed by atoms with Crippen LogP contribution in [0.3, 0.4) is 0 Å². The molecular formula is C21H25NO3S. The van der Waals surface area contributed by atoms with Gasteiger partial charge in [0.1, 0.15) is 5.75 Å². The van der Waals surface area contributed by atoms with Crippen molar-refractivity contribution in [2.45, 2.75) is 45.1 Å². The Balaban J connectivity index is 2.22. The highest BCUT2D eigenvalue weighted by molar-refractivity contribution is 7.93. The zero-order chi connectivity index (χ0) is 19.1. The van der Waals surface area contributed by atoms with Gasteiger partial charge in [-0.1, -0.05) is 23.8 Å². The second-order valence-electron chi connectivity index (χ2n) is 7.18. The van der Waals surface area contributed by atoms with Crippen LogP contribution in [0.4, 0.5) is 5.69 Å². The van der Waals surface area contributed by atoms with E-state index in [9.17, 15) is 8.42 Å². The lowest BCUT2D eigenvalue weighted by molar-refractivity contribution is 0.340. The molecule has 0 saturated heterocycles. The smallest absolute Gasteiger partial charge is 0.265 e. The van der Waals surface area contributed by atoms with Gasteiger partial charge in [-0.05, 0) is 64.5 Å². The van der Waals surface area contributed by atoms with Crippen molar-refractivity contribution >= 4 is 21.3 Å². The Kier molecular flexibility index (Phi) is 4.61. The molecule has 0 aromatic heterocycles. The molecule has 0 atom stereocenters. The van der Waals surface area contributed by atoms with E-state index >= 15 is 0 Å². The average Bonchev–Trinajstić information content (AvgIpc) is 2.54. The van der Waals surface area contributed by atoms with Gasteiger partial charge in [-0.15, -0.1) is 0 Å². The molecule has 0 amide bonds. The third kappa shape index (κ3) is 3.12.